The predicted molar refractivity (Wildman–Crippen MR) is 78.2 cm³/mol. The van der Waals surface area contributed by atoms with Crippen molar-refractivity contribution in [2.75, 3.05) is 19.3 Å². The van der Waals surface area contributed by atoms with E-state index < -0.39 is 5.60 Å². The van der Waals surface area contributed by atoms with Crippen molar-refractivity contribution in [2.24, 2.45) is 0 Å². The summed E-state index contributed by atoms with van der Waals surface area (Å²) in [6.07, 6.45) is 4.02. The molecule has 0 radical (unpaired) electrons. The Balaban J connectivity index is 1.69. The minimum absolute atomic E-state index is 0.537. The number of nitrogens with two attached hydrogens (primary N) is 1. The molecular formula is C15H21N3O2. The van der Waals surface area contributed by atoms with E-state index in [2.05, 4.69) is 9.88 Å². The van der Waals surface area contributed by atoms with Gasteiger partial charge >= 0.3 is 0 Å². The summed E-state index contributed by atoms with van der Waals surface area (Å²) in [4.78, 5) is 6.51. The number of anilines is 1. The number of likely N-dealkylation sites (N-methyl/N-ethyl adjacent to an activating group) is 1. The summed E-state index contributed by atoms with van der Waals surface area (Å²) in [6.45, 7) is 1.25. The second-order valence-corrected chi connectivity index (χ2v) is 5.94. The van der Waals surface area contributed by atoms with Crippen LogP contribution >= 0.6 is 0 Å². The minimum Gasteiger partial charge on any atom is -0.439 e. The van der Waals surface area contributed by atoms with Crippen LogP contribution in [0, 0.1) is 0 Å². The summed E-state index contributed by atoms with van der Waals surface area (Å²) >= 11 is 0. The molecule has 5 nitrogen and oxygen atoms in total. The topological polar surface area (TPSA) is 75.5 Å². The van der Waals surface area contributed by atoms with Gasteiger partial charge in [-0.2, -0.15) is 0 Å². The van der Waals surface area contributed by atoms with E-state index in [9.17, 15) is 5.11 Å². The number of aliphatic hydroxyl groups is 1. The number of nitrogen functional groups attached to an aromatic ring is 1. The van der Waals surface area contributed by atoms with Crippen LogP contribution in [0.2, 0.25) is 0 Å². The minimum atomic E-state index is -0.537. The number of hydrogen-bond donors (Lipinski definition) is 2. The van der Waals surface area contributed by atoms with Crippen LogP contribution in [0.1, 0.15) is 31.6 Å². The quantitative estimate of drug-likeness (QED) is 0.836. The predicted octanol–water partition coefficient (Wildman–Crippen LogP) is 2.15. The van der Waals surface area contributed by atoms with Gasteiger partial charge in [0.2, 0.25) is 5.89 Å². The summed E-state index contributed by atoms with van der Waals surface area (Å²) in [5.41, 5.74) is 7.40. The Labute approximate surface area is 118 Å². The zero-order valence-electron chi connectivity index (χ0n) is 11.8. The maximum Gasteiger partial charge on any atom is 0.209 e. The van der Waals surface area contributed by atoms with Crippen LogP contribution in [0.4, 0.5) is 5.69 Å². The van der Waals surface area contributed by atoms with Gasteiger partial charge in [-0.25, -0.2) is 4.98 Å². The molecule has 3 N–H and O–H groups in total. The van der Waals surface area contributed by atoms with Crippen LogP contribution in [0.3, 0.4) is 0 Å². The summed E-state index contributed by atoms with van der Waals surface area (Å²) in [5, 5.41) is 10.4. The first-order valence-electron chi connectivity index (χ1n) is 7.10. The molecule has 1 heterocycles. The molecule has 1 aromatic heterocycles. The van der Waals surface area contributed by atoms with Gasteiger partial charge in [0.25, 0.3) is 0 Å². The molecule has 1 fully saturated rings. The maximum atomic E-state index is 10.4. The zero-order chi connectivity index (χ0) is 14.2. The smallest absolute Gasteiger partial charge is 0.209 e. The van der Waals surface area contributed by atoms with Gasteiger partial charge in [0, 0.05) is 18.3 Å². The second kappa shape index (κ2) is 5.07. The summed E-state index contributed by atoms with van der Waals surface area (Å²) in [5.74, 6) is 0.662. The van der Waals surface area contributed by atoms with E-state index in [1.165, 1.54) is 0 Å². The number of benzene rings is 1. The lowest BCUT2D eigenvalue weighted by Crippen LogP contribution is -2.38. The Hall–Kier alpha value is -1.59. The van der Waals surface area contributed by atoms with E-state index in [1.54, 1.807) is 6.07 Å². The van der Waals surface area contributed by atoms with Gasteiger partial charge in [-0.1, -0.05) is 12.8 Å². The van der Waals surface area contributed by atoms with E-state index in [0.717, 1.165) is 31.2 Å². The summed E-state index contributed by atoms with van der Waals surface area (Å²) in [7, 11) is 1.99. The Morgan fingerprint density at radius 3 is 2.90 bits per heavy atom. The van der Waals surface area contributed by atoms with Gasteiger partial charge in [-0.3, -0.25) is 4.90 Å². The molecule has 20 heavy (non-hydrogen) atoms. The van der Waals surface area contributed by atoms with Crippen molar-refractivity contribution < 1.29 is 9.52 Å². The number of fused-ring (bicyclic) bond motifs is 1. The average Bonchev–Trinajstić information content (AvgIpc) is 2.94. The van der Waals surface area contributed by atoms with Crippen molar-refractivity contribution in [3.05, 3.63) is 24.1 Å². The third-order valence-corrected chi connectivity index (χ3v) is 3.96. The molecule has 2 aromatic rings. The standard InChI is InChI=1S/C15H21N3O2/c1-18(10-15(19)6-2-3-7-15)9-14-17-12-5-4-11(16)8-13(12)20-14/h4-5,8,19H,2-3,6-7,9-10,16H2,1H3. The SMILES string of the molecule is CN(Cc1nc2ccc(N)cc2o1)CC1(O)CCCC1. The van der Waals surface area contributed by atoms with E-state index in [1.807, 2.05) is 19.2 Å². The number of nitrogens with zero attached hydrogens (tertiary/aromatic N) is 2. The molecule has 0 spiro atoms. The fraction of sp³-hybridized carbons (Fsp3) is 0.533. The molecule has 1 aromatic carbocycles. The lowest BCUT2D eigenvalue weighted by atomic mass is 10.0. The molecular weight excluding hydrogens is 254 g/mol. The van der Waals surface area contributed by atoms with Gasteiger partial charge < -0.3 is 15.3 Å². The number of rotatable bonds is 4. The highest BCUT2D eigenvalue weighted by molar-refractivity contribution is 5.76. The molecule has 5 heteroatoms. The first kappa shape index (κ1) is 13.4. The van der Waals surface area contributed by atoms with Gasteiger partial charge in [-0.05, 0) is 32.0 Å². The number of hydrogen-bond acceptors (Lipinski definition) is 5. The van der Waals surface area contributed by atoms with Crippen molar-refractivity contribution >= 4 is 16.8 Å². The van der Waals surface area contributed by atoms with Gasteiger partial charge in [0.05, 0.1) is 12.1 Å². The van der Waals surface area contributed by atoms with E-state index in [-0.39, 0.29) is 0 Å². The molecule has 0 unspecified atom stereocenters. The van der Waals surface area contributed by atoms with E-state index >= 15 is 0 Å². The second-order valence-electron chi connectivity index (χ2n) is 5.94. The molecule has 3 rings (SSSR count). The van der Waals surface area contributed by atoms with Crippen molar-refractivity contribution in [1.29, 1.82) is 0 Å². The third-order valence-electron chi connectivity index (χ3n) is 3.96. The van der Waals surface area contributed by atoms with Gasteiger partial charge in [-0.15, -0.1) is 0 Å². The van der Waals surface area contributed by atoms with E-state index in [4.69, 9.17) is 10.2 Å². The monoisotopic (exact) mass is 275 g/mol. The lowest BCUT2D eigenvalue weighted by molar-refractivity contribution is 0.0129. The van der Waals surface area contributed by atoms with Crippen molar-refractivity contribution in [3.63, 3.8) is 0 Å². The molecule has 0 bridgehead atoms. The molecule has 0 atom stereocenters. The fourth-order valence-electron chi connectivity index (χ4n) is 3.04. The highest BCUT2D eigenvalue weighted by atomic mass is 16.3. The van der Waals surface area contributed by atoms with Crippen LogP contribution in [0.15, 0.2) is 22.6 Å². The van der Waals surface area contributed by atoms with Gasteiger partial charge in [0.15, 0.2) is 5.58 Å². The van der Waals surface area contributed by atoms with Crippen LogP contribution in [-0.2, 0) is 6.54 Å². The Bertz CT molecular complexity index is 602. The zero-order valence-corrected chi connectivity index (χ0v) is 11.8. The van der Waals surface area contributed by atoms with Crippen LogP contribution in [-0.4, -0.2) is 34.2 Å². The first-order valence-corrected chi connectivity index (χ1v) is 7.10. The molecule has 0 saturated heterocycles. The van der Waals surface area contributed by atoms with Crippen LogP contribution in [0.25, 0.3) is 11.1 Å². The summed E-state index contributed by atoms with van der Waals surface area (Å²) < 4.78 is 5.70. The Morgan fingerprint density at radius 2 is 2.15 bits per heavy atom. The van der Waals surface area contributed by atoms with Crippen molar-refractivity contribution in [3.8, 4) is 0 Å². The van der Waals surface area contributed by atoms with Crippen molar-refractivity contribution in [1.82, 2.24) is 9.88 Å². The largest absolute Gasteiger partial charge is 0.439 e. The molecule has 1 aliphatic carbocycles. The third kappa shape index (κ3) is 2.78. The maximum absolute atomic E-state index is 10.4. The normalized spacial score (nSPS) is 18.1. The molecule has 0 aliphatic heterocycles. The number of oxazole rings is 1. The average molecular weight is 275 g/mol. The molecule has 1 aliphatic rings. The van der Waals surface area contributed by atoms with Crippen LogP contribution < -0.4 is 5.73 Å². The van der Waals surface area contributed by atoms with Crippen LogP contribution in [0.5, 0.6) is 0 Å². The summed E-state index contributed by atoms with van der Waals surface area (Å²) in [6, 6.07) is 5.47. The van der Waals surface area contributed by atoms with E-state index in [0.29, 0.717) is 30.3 Å². The first-order chi connectivity index (χ1) is 9.54. The molecule has 108 valence electrons. The highest BCUT2D eigenvalue weighted by Crippen LogP contribution is 2.30. The fourth-order valence-corrected chi connectivity index (χ4v) is 3.04. The lowest BCUT2D eigenvalue weighted by Gasteiger charge is -2.27. The van der Waals surface area contributed by atoms with Crippen molar-refractivity contribution in [2.45, 2.75) is 37.8 Å². The Kier molecular flexibility index (Phi) is 3.40. The Morgan fingerprint density at radius 1 is 1.40 bits per heavy atom. The van der Waals surface area contributed by atoms with Gasteiger partial charge in [0.1, 0.15) is 5.52 Å². The molecule has 1 saturated carbocycles. The number of aromatic nitrogens is 1. The highest BCUT2D eigenvalue weighted by Gasteiger charge is 2.32. The molecule has 0 amide bonds.